The fraction of sp³-hybridized carbons (Fsp3) is 0.423. The number of nitriles is 1. The molecule has 1 saturated heterocycles. The molecule has 1 aliphatic carbocycles. The van der Waals surface area contributed by atoms with E-state index < -0.39 is 0 Å². The van der Waals surface area contributed by atoms with E-state index >= 15 is 0 Å². The average Bonchev–Trinajstić information content (AvgIpc) is 3.46. The standard InChI is InChI=1S/C26H28N8O/c1-17-25(31-32-34(17)20-13-26(14-20)6-9-28-10-7-26)19-11-23-30-16-21(15-27)33(23)24(12-19)35-18(2)22-5-3-4-8-29-22/h3-5,8,11-12,16,18,20,28H,6-7,9-10,13-14H2,1-2H3/t18-/m1/s1. The summed E-state index contributed by atoms with van der Waals surface area (Å²) in [6.45, 7) is 6.25. The second kappa shape index (κ2) is 8.47. The zero-order chi connectivity index (χ0) is 24.0. The van der Waals surface area contributed by atoms with Crippen LogP contribution < -0.4 is 10.1 Å². The highest BCUT2D eigenvalue weighted by molar-refractivity contribution is 5.68. The van der Waals surface area contributed by atoms with Crippen molar-refractivity contribution in [2.24, 2.45) is 5.41 Å². The fourth-order valence-corrected chi connectivity index (χ4v) is 5.67. The van der Waals surface area contributed by atoms with Gasteiger partial charge < -0.3 is 10.1 Å². The molecule has 1 saturated carbocycles. The van der Waals surface area contributed by atoms with Crippen molar-refractivity contribution in [3.05, 3.63) is 59.8 Å². The quantitative estimate of drug-likeness (QED) is 0.472. The van der Waals surface area contributed by atoms with Gasteiger partial charge in [-0.05, 0) is 76.2 Å². The molecule has 0 unspecified atom stereocenters. The Morgan fingerprint density at radius 1 is 1.20 bits per heavy atom. The van der Waals surface area contributed by atoms with Crippen molar-refractivity contribution in [2.75, 3.05) is 13.1 Å². The van der Waals surface area contributed by atoms with E-state index in [1.807, 2.05) is 37.3 Å². The van der Waals surface area contributed by atoms with Crippen LogP contribution in [0.1, 0.15) is 61.8 Å². The number of hydrogen-bond acceptors (Lipinski definition) is 7. The maximum absolute atomic E-state index is 9.63. The molecule has 0 radical (unpaired) electrons. The molecule has 5 heterocycles. The second-order valence-corrected chi connectivity index (χ2v) is 9.83. The van der Waals surface area contributed by atoms with Gasteiger partial charge in [-0.25, -0.2) is 9.67 Å². The van der Waals surface area contributed by atoms with E-state index in [1.54, 1.807) is 16.8 Å². The van der Waals surface area contributed by atoms with E-state index in [9.17, 15) is 5.26 Å². The molecule has 2 fully saturated rings. The van der Waals surface area contributed by atoms with Gasteiger partial charge in [0.05, 0.1) is 23.6 Å². The SMILES string of the molecule is Cc1c(-c2cc(O[C@H](C)c3ccccn3)n3c(C#N)cnc3c2)nnn1C1CC2(CCNCC2)C1. The molecule has 1 N–H and O–H groups in total. The molecule has 9 heteroatoms. The first-order chi connectivity index (χ1) is 17.1. The van der Waals surface area contributed by atoms with E-state index in [0.29, 0.717) is 28.7 Å². The van der Waals surface area contributed by atoms with Gasteiger partial charge in [-0.15, -0.1) is 5.10 Å². The lowest BCUT2D eigenvalue weighted by Crippen LogP contribution is -2.46. The number of imidazole rings is 1. The minimum absolute atomic E-state index is 0.309. The number of nitrogens with zero attached hydrogens (tertiary/aromatic N) is 7. The van der Waals surface area contributed by atoms with E-state index in [1.165, 1.54) is 25.7 Å². The summed E-state index contributed by atoms with van der Waals surface area (Å²) in [6.07, 6.45) is 7.83. The molecule has 1 atom stereocenters. The third kappa shape index (κ3) is 3.74. The van der Waals surface area contributed by atoms with Gasteiger partial charge in [0.25, 0.3) is 0 Å². The molecule has 1 spiro atoms. The summed E-state index contributed by atoms with van der Waals surface area (Å²) in [5, 5.41) is 22.2. The molecule has 4 aromatic rings. The summed E-state index contributed by atoms with van der Waals surface area (Å²) in [5.41, 5.74) is 5.05. The van der Waals surface area contributed by atoms with Gasteiger partial charge in [0, 0.05) is 17.8 Å². The van der Waals surface area contributed by atoms with Crippen molar-refractivity contribution in [3.8, 4) is 23.2 Å². The van der Waals surface area contributed by atoms with Crippen molar-refractivity contribution in [1.82, 2.24) is 34.7 Å². The Kier molecular flexibility index (Phi) is 5.26. The molecule has 9 nitrogen and oxygen atoms in total. The van der Waals surface area contributed by atoms with Gasteiger partial charge in [0.1, 0.15) is 29.2 Å². The van der Waals surface area contributed by atoms with Crippen LogP contribution in [0.5, 0.6) is 5.88 Å². The van der Waals surface area contributed by atoms with Crippen molar-refractivity contribution >= 4 is 5.65 Å². The highest BCUT2D eigenvalue weighted by Gasteiger charge is 2.46. The third-order valence-corrected chi connectivity index (χ3v) is 7.64. The predicted octanol–water partition coefficient (Wildman–Crippen LogP) is 4.01. The minimum Gasteiger partial charge on any atom is -0.469 e. The van der Waals surface area contributed by atoms with Crippen LogP contribution in [0.25, 0.3) is 16.9 Å². The number of hydrogen-bond donors (Lipinski definition) is 1. The summed E-state index contributed by atoms with van der Waals surface area (Å²) in [4.78, 5) is 8.87. The van der Waals surface area contributed by atoms with Gasteiger partial charge in [-0.3, -0.25) is 9.38 Å². The predicted molar refractivity (Wildman–Crippen MR) is 130 cm³/mol. The van der Waals surface area contributed by atoms with Crippen LogP contribution >= 0.6 is 0 Å². The van der Waals surface area contributed by atoms with Gasteiger partial charge in [0.2, 0.25) is 5.88 Å². The number of rotatable bonds is 5. The fourth-order valence-electron chi connectivity index (χ4n) is 5.67. The van der Waals surface area contributed by atoms with Crippen LogP contribution in [0.2, 0.25) is 0 Å². The molecule has 0 amide bonds. The molecule has 4 aromatic heterocycles. The molecular formula is C26H28N8O. The third-order valence-electron chi connectivity index (χ3n) is 7.64. The molecular weight excluding hydrogens is 440 g/mol. The number of ether oxygens (including phenoxy) is 1. The molecule has 6 rings (SSSR count). The Morgan fingerprint density at radius 3 is 2.77 bits per heavy atom. The van der Waals surface area contributed by atoms with E-state index in [-0.39, 0.29) is 6.10 Å². The smallest absolute Gasteiger partial charge is 0.201 e. The lowest BCUT2D eigenvalue weighted by Gasteiger charge is -2.50. The Balaban J connectivity index is 1.34. The summed E-state index contributed by atoms with van der Waals surface area (Å²) in [7, 11) is 0. The Hall–Kier alpha value is -3.77. The van der Waals surface area contributed by atoms with Crippen LogP contribution in [-0.4, -0.2) is 42.5 Å². The molecule has 0 aromatic carbocycles. The lowest BCUT2D eigenvalue weighted by molar-refractivity contribution is 0.0212. The first kappa shape index (κ1) is 21.7. The van der Waals surface area contributed by atoms with Gasteiger partial charge >= 0.3 is 0 Å². The largest absolute Gasteiger partial charge is 0.469 e. The monoisotopic (exact) mass is 468 g/mol. The van der Waals surface area contributed by atoms with Crippen molar-refractivity contribution in [3.63, 3.8) is 0 Å². The zero-order valence-corrected chi connectivity index (χ0v) is 20.0. The van der Waals surface area contributed by atoms with E-state index in [0.717, 1.165) is 35.7 Å². The van der Waals surface area contributed by atoms with Crippen molar-refractivity contribution in [1.29, 1.82) is 5.26 Å². The van der Waals surface area contributed by atoms with Crippen molar-refractivity contribution < 1.29 is 4.74 Å². The first-order valence-electron chi connectivity index (χ1n) is 12.2. The topological polar surface area (TPSA) is 106 Å². The van der Waals surface area contributed by atoms with Crippen LogP contribution in [0.15, 0.2) is 42.7 Å². The van der Waals surface area contributed by atoms with Crippen LogP contribution in [0, 0.1) is 23.7 Å². The molecule has 1 aliphatic heterocycles. The number of nitrogens with one attached hydrogen (secondary N) is 1. The molecule has 178 valence electrons. The zero-order valence-electron chi connectivity index (χ0n) is 20.0. The van der Waals surface area contributed by atoms with Crippen LogP contribution in [-0.2, 0) is 0 Å². The van der Waals surface area contributed by atoms with Gasteiger partial charge in [0.15, 0.2) is 0 Å². The normalized spacial score (nSPS) is 18.3. The summed E-state index contributed by atoms with van der Waals surface area (Å²) >= 11 is 0. The molecule has 2 aliphatic rings. The minimum atomic E-state index is -0.309. The maximum Gasteiger partial charge on any atom is 0.201 e. The van der Waals surface area contributed by atoms with Gasteiger partial charge in [-0.1, -0.05) is 11.3 Å². The van der Waals surface area contributed by atoms with Crippen molar-refractivity contribution in [2.45, 2.75) is 51.7 Å². The summed E-state index contributed by atoms with van der Waals surface area (Å²) < 4.78 is 10.2. The van der Waals surface area contributed by atoms with E-state index in [4.69, 9.17) is 4.74 Å². The van der Waals surface area contributed by atoms with Crippen LogP contribution in [0.3, 0.4) is 0 Å². The summed E-state index contributed by atoms with van der Waals surface area (Å²) in [6, 6.07) is 12.2. The first-order valence-corrected chi connectivity index (χ1v) is 12.2. The number of pyridine rings is 2. The Morgan fingerprint density at radius 2 is 2.03 bits per heavy atom. The number of piperidine rings is 1. The lowest BCUT2D eigenvalue weighted by atomic mass is 9.60. The number of aromatic nitrogens is 6. The Bertz CT molecular complexity index is 1400. The van der Waals surface area contributed by atoms with Crippen LogP contribution in [0.4, 0.5) is 0 Å². The number of fused-ring (bicyclic) bond motifs is 1. The maximum atomic E-state index is 9.63. The highest BCUT2D eigenvalue weighted by Crippen LogP contribution is 2.54. The van der Waals surface area contributed by atoms with Gasteiger partial charge in [-0.2, -0.15) is 5.26 Å². The average molecular weight is 469 g/mol. The molecule has 0 bridgehead atoms. The second-order valence-electron chi connectivity index (χ2n) is 9.83. The Labute approximate surface area is 203 Å². The highest BCUT2D eigenvalue weighted by atomic mass is 16.5. The van der Waals surface area contributed by atoms with E-state index in [2.05, 4.69) is 43.3 Å². The summed E-state index contributed by atoms with van der Waals surface area (Å²) in [5.74, 6) is 0.524. The molecule has 35 heavy (non-hydrogen) atoms.